The van der Waals surface area contributed by atoms with Gasteiger partial charge in [0.25, 0.3) is 0 Å². The van der Waals surface area contributed by atoms with Crippen molar-refractivity contribution in [2.24, 2.45) is 17.8 Å². The minimum absolute atomic E-state index is 0.0101. The van der Waals surface area contributed by atoms with Gasteiger partial charge < -0.3 is 4.57 Å². The Morgan fingerprint density at radius 1 is 0.647 bits per heavy atom. The minimum atomic E-state index is -0.0114. The molecule has 4 bridgehead atoms. The number of aromatic nitrogens is 4. The van der Waals surface area contributed by atoms with Gasteiger partial charge in [-0.1, -0.05) is 84.0 Å². The van der Waals surface area contributed by atoms with Crippen LogP contribution in [0.4, 0.5) is 0 Å². The summed E-state index contributed by atoms with van der Waals surface area (Å²) in [7, 11) is 0. The van der Waals surface area contributed by atoms with Crippen molar-refractivity contribution in [3.63, 3.8) is 0 Å². The highest BCUT2D eigenvalue weighted by molar-refractivity contribution is 6.10. The van der Waals surface area contributed by atoms with Crippen molar-refractivity contribution < 1.29 is 0 Å². The van der Waals surface area contributed by atoms with Crippen LogP contribution in [0.1, 0.15) is 103 Å². The number of benzene rings is 4. The van der Waals surface area contributed by atoms with Crippen LogP contribution in [0.3, 0.4) is 0 Å². The van der Waals surface area contributed by atoms with Crippen molar-refractivity contribution in [2.75, 3.05) is 0 Å². The summed E-state index contributed by atoms with van der Waals surface area (Å²) in [6.45, 7) is 13.7. The van der Waals surface area contributed by atoms with Crippen LogP contribution in [-0.2, 0) is 16.2 Å². The molecule has 0 atom stereocenters. The molecule has 2 aromatic heterocycles. The van der Waals surface area contributed by atoms with E-state index in [1.165, 1.54) is 60.4 Å². The third-order valence-corrected chi connectivity index (χ3v) is 12.3. The fraction of sp³-hybridized carbons (Fsp3) is 0.391. The van der Waals surface area contributed by atoms with Crippen LogP contribution in [0.5, 0.6) is 0 Å². The predicted octanol–water partition coefficient (Wildman–Crippen LogP) is 11.2. The first-order valence-corrected chi connectivity index (χ1v) is 18.8. The smallest absolute Gasteiger partial charge is 0.165 e. The van der Waals surface area contributed by atoms with E-state index in [0.717, 1.165) is 51.4 Å². The Balaban J connectivity index is 1.32. The quantitative estimate of drug-likeness (QED) is 0.187. The van der Waals surface area contributed by atoms with E-state index in [1.807, 2.05) is 18.2 Å². The largest absolute Gasteiger partial charge is 0.308 e. The summed E-state index contributed by atoms with van der Waals surface area (Å²) in [6.07, 6.45) is 7.58. The molecule has 4 aromatic carbocycles. The van der Waals surface area contributed by atoms with Crippen LogP contribution < -0.4 is 0 Å². The van der Waals surface area contributed by atoms with Crippen LogP contribution in [0.25, 0.3) is 50.3 Å². The lowest BCUT2D eigenvalue weighted by Crippen LogP contribution is -2.49. The fourth-order valence-electron chi connectivity index (χ4n) is 10.0. The number of fused-ring (bicyclic) bond motifs is 3. The zero-order valence-corrected chi connectivity index (χ0v) is 30.8. The molecule has 0 spiro atoms. The predicted molar refractivity (Wildman–Crippen MR) is 207 cm³/mol. The van der Waals surface area contributed by atoms with Gasteiger partial charge in [-0.05, 0) is 121 Å². The van der Waals surface area contributed by atoms with Crippen molar-refractivity contribution in [1.29, 1.82) is 5.26 Å². The lowest BCUT2D eigenvalue weighted by molar-refractivity contribution is -0.00938. The Kier molecular flexibility index (Phi) is 7.14. The molecule has 0 N–H and O–H groups in total. The molecule has 2 heterocycles. The minimum Gasteiger partial charge on any atom is -0.308 e. The van der Waals surface area contributed by atoms with Crippen molar-refractivity contribution in [3.8, 4) is 34.5 Å². The molecule has 10 rings (SSSR count). The lowest BCUT2D eigenvalue weighted by Gasteiger charge is -2.56. The highest BCUT2D eigenvalue weighted by Gasteiger charge is 2.53. The number of nitriles is 1. The van der Waals surface area contributed by atoms with E-state index < -0.39 is 0 Å². The summed E-state index contributed by atoms with van der Waals surface area (Å²) in [6, 6.07) is 32.7. The van der Waals surface area contributed by atoms with E-state index in [2.05, 4.69) is 119 Å². The van der Waals surface area contributed by atoms with Gasteiger partial charge in [0.1, 0.15) is 5.82 Å². The average molecular weight is 670 g/mol. The number of hydrogen-bond acceptors (Lipinski definition) is 4. The molecule has 0 radical (unpaired) electrons. The molecule has 0 aliphatic heterocycles. The molecular weight excluding hydrogens is 623 g/mol. The van der Waals surface area contributed by atoms with E-state index in [0.29, 0.717) is 17.2 Å². The van der Waals surface area contributed by atoms with Gasteiger partial charge in [0.2, 0.25) is 0 Å². The molecule has 4 aliphatic rings. The van der Waals surface area contributed by atoms with Crippen LogP contribution in [-0.4, -0.2) is 19.5 Å². The van der Waals surface area contributed by atoms with Crippen molar-refractivity contribution in [1.82, 2.24) is 19.5 Å². The maximum atomic E-state index is 10.2. The van der Waals surface area contributed by atoms with Gasteiger partial charge >= 0.3 is 0 Å². The number of nitrogens with zero attached hydrogens (tertiary/aromatic N) is 5. The van der Waals surface area contributed by atoms with Gasteiger partial charge in [-0.2, -0.15) is 5.26 Å². The van der Waals surface area contributed by atoms with Crippen LogP contribution in [0, 0.1) is 29.1 Å². The van der Waals surface area contributed by atoms with Crippen LogP contribution >= 0.6 is 0 Å². The van der Waals surface area contributed by atoms with E-state index in [-0.39, 0.29) is 16.2 Å². The monoisotopic (exact) mass is 669 g/mol. The molecular formula is C46H47N5. The highest BCUT2D eigenvalue weighted by atomic mass is 15.1. The van der Waals surface area contributed by atoms with E-state index >= 15 is 0 Å². The average Bonchev–Trinajstić information content (AvgIpc) is 3.43. The molecule has 0 unspecified atom stereocenters. The standard InChI is InChI=1S/C46H47N5/c1-44(2,3)33-13-16-38-35(22-33)36-23-34(45(4,5)6)14-17-39(36)51(38)40-15-12-28(27-47)21-37(40)42-48-41(32-10-8-7-9-11-32)49-43(50-42)46-24-29-18-30(25-46)20-31(19-29)26-46/h7-17,21-23,29-31H,18-20,24-26H2,1-6H3. The summed E-state index contributed by atoms with van der Waals surface area (Å²) >= 11 is 0. The zero-order chi connectivity index (χ0) is 35.3. The molecule has 0 saturated heterocycles. The SMILES string of the molecule is CC(C)(C)c1ccc2c(c1)c1cc(C(C)(C)C)ccc1n2-c1ccc(C#N)cc1-c1nc(-c2ccccc2)nc(C23CC4CC(CC(C4)C2)C3)n1. The second-order valence-corrected chi connectivity index (χ2v) is 18.0. The second kappa shape index (κ2) is 11.3. The summed E-state index contributed by atoms with van der Waals surface area (Å²) in [5.74, 6) is 4.61. The topological polar surface area (TPSA) is 67.4 Å². The fourth-order valence-corrected chi connectivity index (χ4v) is 10.0. The summed E-state index contributed by atoms with van der Waals surface area (Å²) in [5.41, 5.74) is 8.31. The maximum Gasteiger partial charge on any atom is 0.165 e. The molecule has 4 aliphatic carbocycles. The molecule has 5 nitrogen and oxygen atoms in total. The third-order valence-electron chi connectivity index (χ3n) is 12.3. The third kappa shape index (κ3) is 5.38. The van der Waals surface area contributed by atoms with Crippen molar-refractivity contribution in [3.05, 3.63) is 107 Å². The maximum absolute atomic E-state index is 10.2. The van der Waals surface area contributed by atoms with Crippen molar-refractivity contribution in [2.45, 2.75) is 96.3 Å². The van der Waals surface area contributed by atoms with E-state index in [4.69, 9.17) is 15.0 Å². The Hall–Kier alpha value is -4.82. The molecule has 5 heteroatoms. The van der Waals surface area contributed by atoms with Gasteiger partial charge in [-0.15, -0.1) is 0 Å². The molecule has 6 aromatic rings. The van der Waals surface area contributed by atoms with Crippen LogP contribution in [0.15, 0.2) is 84.9 Å². The Bertz CT molecular complexity index is 2270. The van der Waals surface area contributed by atoms with E-state index in [9.17, 15) is 5.26 Å². The van der Waals surface area contributed by atoms with Gasteiger partial charge in [0.15, 0.2) is 11.6 Å². The van der Waals surface area contributed by atoms with E-state index in [1.54, 1.807) is 0 Å². The molecule has 51 heavy (non-hydrogen) atoms. The van der Waals surface area contributed by atoms with Crippen molar-refractivity contribution >= 4 is 21.8 Å². The van der Waals surface area contributed by atoms with Gasteiger partial charge in [0, 0.05) is 27.3 Å². The highest BCUT2D eigenvalue weighted by Crippen LogP contribution is 2.60. The first-order valence-electron chi connectivity index (χ1n) is 18.8. The molecule has 4 fully saturated rings. The number of hydrogen-bond donors (Lipinski definition) is 0. The lowest BCUT2D eigenvalue weighted by atomic mass is 9.49. The molecule has 4 saturated carbocycles. The van der Waals surface area contributed by atoms with Crippen LogP contribution in [0.2, 0.25) is 0 Å². The molecule has 256 valence electrons. The first-order chi connectivity index (χ1) is 24.4. The molecule has 0 amide bonds. The second-order valence-electron chi connectivity index (χ2n) is 18.0. The number of rotatable bonds is 4. The summed E-state index contributed by atoms with van der Waals surface area (Å²) in [5, 5.41) is 12.7. The zero-order valence-electron chi connectivity index (χ0n) is 30.8. The Morgan fingerprint density at radius 3 is 1.73 bits per heavy atom. The summed E-state index contributed by atoms with van der Waals surface area (Å²) in [4.78, 5) is 16.1. The normalized spacial score (nSPS) is 22.9. The van der Waals surface area contributed by atoms with Gasteiger partial charge in [-0.25, -0.2) is 15.0 Å². The Labute approximate surface area is 301 Å². The Morgan fingerprint density at radius 2 is 1.20 bits per heavy atom. The van der Waals surface area contributed by atoms with Gasteiger partial charge in [-0.3, -0.25) is 0 Å². The first kappa shape index (κ1) is 32.1. The van der Waals surface area contributed by atoms with Gasteiger partial charge in [0.05, 0.1) is 28.4 Å². The summed E-state index contributed by atoms with van der Waals surface area (Å²) < 4.78 is 2.37.